The first-order valence-electron chi connectivity index (χ1n) is 9.02. The fraction of sp³-hybridized carbons (Fsp3) is 0.500. The second-order valence-corrected chi connectivity index (χ2v) is 7.24. The van der Waals surface area contributed by atoms with Crippen LogP contribution in [0.25, 0.3) is 0 Å². The van der Waals surface area contributed by atoms with Gasteiger partial charge >= 0.3 is 12.2 Å². The van der Waals surface area contributed by atoms with Gasteiger partial charge in [-0.2, -0.15) is 0 Å². The van der Waals surface area contributed by atoms with Crippen LogP contribution in [-0.2, 0) is 11.2 Å². The van der Waals surface area contributed by atoms with Crippen LogP contribution < -0.4 is 10.6 Å². The minimum absolute atomic E-state index is 0.347. The van der Waals surface area contributed by atoms with Crippen molar-refractivity contribution in [1.29, 1.82) is 0 Å². The topological polar surface area (TPSA) is 108 Å². The fourth-order valence-electron chi connectivity index (χ4n) is 2.37. The lowest BCUT2D eigenvalue weighted by molar-refractivity contribution is 0.0455. The number of hydrogen-bond donors (Lipinski definition) is 4. The molecule has 0 aliphatic heterocycles. The number of alkyl carbamates (subject to hydrolysis) is 1. The van der Waals surface area contributed by atoms with Crippen LogP contribution in [0.15, 0.2) is 42.5 Å². The average molecular weight is 378 g/mol. The van der Waals surface area contributed by atoms with Gasteiger partial charge in [-0.05, 0) is 45.6 Å². The predicted octanol–water partition coefficient (Wildman–Crippen LogP) is 3.09. The van der Waals surface area contributed by atoms with Crippen molar-refractivity contribution in [1.82, 2.24) is 10.6 Å². The largest absolute Gasteiger partial charge is 0.465 e. The number of carboxylic acid groups (broad SMARTS) is 1. The highest BCUT2D eigenvalue weighted by atomic mass is 16.6. The summed E-state index contributed by atoms with van der Waals surface area (Å²) < 4.78 is 5.29. The summed E-state index contributed by atoms with van der Waals surface area (Å²) in [7, 11) is 0. The Morgan fingerprint density at radius 1 is 1.22 bits per heavy atom. The maximum absolute atomic E-state index is 12.1. The number of unbranched alkanes of at least 4 members (excludes halogenated alkanes) is 1. The van der Waals surface area contributed by atoms with E-state index >= 15 is 0 Å². The molecule has 7 nitrogen and oxygen atoms in total. The molecule has 1 aromatic rings. The Morgan fingerprint density at radius 2 is 1.89 bits per heavy atom. The molecule has 0 fully saturated rings. The van der Waals surface area contributed by atoms with Gasteiger partial charge in [-0.25, -0.2) is 9.59 Å². The molecule has 2 amide bonds. The molecule has 0 heterocycles. The maximum Gasteiger partial charge on any atom is 0.407 e. The molecule has 0 saturated carbocycles. The molecule has 0 spiro atoms. The van der Waals surface area contributed by atoms with Gasteiger partial charge in [0.25, 0.3) is 0 Å². The summed E-state index contributed by atoms with van der Waals surface area (Å²) in [5.41, 5.74) is 0.357. The highest BCUT2D eigenvalue weighted by molar-refractivity contribution is 5.68. The molecule has 4 N–H and O–H groups in total. The van der Waals surface area contributed by atoms with E-state index in [9.17, 15) is 14.7 Å². The summed E-state index contributed by atoms with van der Waals surface area (Å²) in [6.45, 7) is 5.68. The molecule has 1 aromatic carbocycles. The van der Waals surface area contributed by atoms with Crippen LogP contribution >= 0.6 is 0 Å². The molecule has 0 saturated heterocycles. The van der Waals surface area contributed by atoms with Gasteiger partial charge < -0.3 is 25.6 Å². The number of carbonyl (C=O) groups excluding carboxylic acids is 1. The van der Waals surface area contributed by atoms with Gasteiger partial charge in [-0.1, -0.05) is 42.5 Å². The highest BCUT2D eigenvalue weighted by Crippen LogP contribution is 2.11. The van der Waals surface area contributed by atoms with Gasteiger partial charge in [0.15, 0.2) is 0 Å². The smallest absolute Gasteiger partial charge is 0.407 e. The van der Waals surface area contributed by atoms with Crippen molar-refractivity contribution in [2.45, 2.75) is 57.8 Å². The number of rotatable bonds is 9. The Kier molecular flexibility index (Phi) is 9.36. The van der Waals surface area contributed by atoms with Crippen LogP contribution in [-0.4, -0.2) is 46.7 Å². The van der Waals surface area contributed by atoms with E-state index in [1.54, 1.807) is 32.9 Å². The summed E-state index contributed by atoms with van der Waals surface area (Å²) in [5.74, 6) is 0. The van der Waals surface area contributed by atoms with E-state index in [0.29, 0.717) is 25.8 Å². The lowest BCUT2D eigenvalue weighted by Crippen LogP contribution is -2.46. The monoisotopic (exact) mass is 378 g/mol. The Morgan fingerprint density at radius 3 is 2.48 bits per heavy atom. The van der Waals surface area contributed by atoms with Gasteiger partial charge in [-0.3, -0.25) is 0 Å². The van der Waals surface area contributed by atoms with Crippen molar-refractivity contribution in [3.05, 3.63) is 48.0 Å². The molecular weight excluding hydrogens is 348 g/mol. The quantitative estimate of drug-likeness (QED) is 0.390. The summed E-state index contributed by atoms with van der Waals surface area (Å²) >= 11 is 0. The molecule has 0 radical (unpaired) electrons. The van der Waals surface area contributed by atoms with Crippen molar-refractivity contribution in [3.8, 4) is 0 Å². The summed E-state index contributed by atoms with van der Waals surface area (Å²) in [4.78, 5) is 22.5. The van der Waals surface area contributed by atoms with Crippen molar-refractivity contribution < 1.29 is 24.5 Å². The van der Waals surface area contributed by atoms with E-state index in [4.69, 9.17) is 9.84 Å². The SMILES string of the molecule is CC(C)(C)OC(=O)N[C@@H](Cc1ccccc1)[C@H](O)C=CCCCNC(=O)O. The molecule has 0 aromatic heterocycles. The molecular formula is C20H30N2O5. The third-order valence-corrected chi connectivity index (χ3v) is 3.57. The van der Waals surface area contributed by atoms with Crippen LogP contribution in [0.1, 0.15) is 39.2 Å². The number of hydrogen-bond acceptors (Lipinski definition) is 4. The molecule has 2 atom stereocenters. The number of aliphatic hydroxyl groups excluding tert-OH is 1. The molecule has 0 aliphatic rings. The third kappa shape index (κ3) is 10.9. The van der Waals surface area contributed by atoms with E-state index in [2.05, 4.69) is 10.6 Å². The van der Waals surface area contributed by atoms with Crippen molar-refractivity contribution >= 4 is 12.2 Å². The van der Waals surface area contributed by atoms with Gasteiger partial charge in [0.05, 0.1) is 12.1 Å². The van der Waals surface area contributed by atoms with Gasteiger partial charge in [0.2, 0.25) is 0 Å². The van der Waals surface area contributed by atoms with Crippen molar-refractivity contribution in [2.75, 3.05) is 6.54 Å². The van der Waals surface area contributed by atoms with E-state index in [1.807, 2.05) is 30.3 Å². The number of allylic oxidation sites excluding steroid dienone is 1. The number of carbonyl (C=O) groups is 2. The van der Waals surface area contributed by atoms with Crippen LogP contribution in [0.3, 0.4) is 0 Å². The average Bonchev–Trinajstić information content (AvgIpc) is 2.56. The van der Waals surface area contributed by atoms with E-state index in [0.717, 1.165) is 5.56 Å². The zero-order valence-corrected chi connectivity index (χ0v) is 16.1. The first-order valence-corrected chi connectivity index (χ1v) is 9.02. The third-order valence-electron chi connectivity index (χ3n) is 3.57. The molecule has 7 heteroatoms. The van der Waals surface area contributed by atoms with Gasteiger partial charge in [-0.15, -0.1) is 0 Å². The Labute approximate surface area is 160 Å². The van der Waals surface area contributed by atoms with Crippen LogP contribution in [0.4, 0.5) is 9.59 Å². The Hall–Kier alpha value is -2.54. The van der Waals surface area contributed by atoms with Gasteiger partial charge in [0, 0.05) is 6.54 Å². The van der Waals surface area contributed by atoms with Crippen LogP contribution in [0.5, 0.6) is 0 Å². The van der Waals surface area contributed by atoms with Crippen molar-refractivity contribution in [3.63, 3.8) is 0 Å². The molecule has 1 rings (SSSR count). The highest BCUT2D eigenvalue weighted by Gasteiger charge is 2.23. The number of ether oxygens (including phenoxy) is 1. The standard InChI is InChI=1S/C20H30N2O5/c1-20(2,3)27-19(26)22-16(14-15-10-6-4-7-11-15)17(23)12-8-5-9-13-21-18(24)25/h4,6-8,10-12,16-17,21,23H,5,9,13-14H2,1-3H3,(H,22,26)(H,24,25)/t16-,17+/m0/s1. The summed E-state index contributed by atoms with van der Waals surface area (Å²) in [6.07, 6.45) is 2.55. The summed E-state index contributed by atoms with van der Waals surface area (Å²) in [6, 6.07) is 9.02. The number of aliphatic hydroxyl groups is 1. The first kappa shape index (κ1) is 22.5. The predicted molar refractivity (Wildman–Crippen MR) is 104 cm³/mol. The van der Waals surface area contributed by atoms with E-state index in [1.165, 1.54) is 0 Å². The molecule has 0 bridgehead atoms. The van der Waals surface area contributed by atoms with E-state index in [-0.39, 0.29) is 0 Å². The van der Waals surface area contributed by atoms with Gasteiger partial charge in [0.1, 0.15) is 5.60 Å². The molecule has 0 unspecified atom stereocenters. The number of benzene rings is 1. The normalized spacial score (nSPS) is 13.8. The second kappa shape index (κ2) is 11.2. The second-order valence-electron chi connectivity index (χ2n) is 7.24. The minimum Gasteiger partial charge on any atom is -0.465 e. The maximum atomic E-state index is 12.1. The molecule has 0 aliphatic carbocycles. The molecule has 150 valence electrons. The fourth-order valence-corrected chi connectivity index (χ4v) is 2.37. The summed E-state index contributed by atoms with van der Waals surface area (Å²) in [5, 5.41) is 24.0. The first-order chi connectivity index (χ1) is 12.7. The Balaban J connectivity index is 2.65. The molecule has 27 heavy (non-hydrogen) atoms. The lowest BCUT2D eigenvalue weighted by Gasteiger charge is -2.25. The Bertz CT molecular complexity index is 611. The number of nitrogens with one attached hydrogen (secondary N) is 2. The number of amides is 2. The van der Waals surface area contributed by atoms with E-state index < -0.39 is 29.9 Å². The minimum atomic E-state index is -1.05. The van der Waals surface area contributed by atoms with Crippen molar-refractivity contribution in [2.24, 2.45) is 0 Å². The van der Waals surface area contributed by atoms with Crippen LogP contribution in [0, 0.1) is 0 Å². The zero-order chi connectivity index (χ0) is 20.3. The lowest BCUT2D eigenvalue weighted by atomic mass is 10.0. The zero-order valence-electron chi connectivity index (χ0n) is 16.1. The van der Waals surface area contributed by atoms with Crippen LogP contribution in [0.2, 0.25) is 0 Å².